The lowest BCUT2D eigenvalue weighted by Gasteiger charge is -2.29. The smallest absolute Gasteiger partial charge is 0.257 e. The molecule has 0 aliphatic carbocycles. The Morgan fingerprint density at radius 3 is 2.64 bits per heavy atom. The van der Waals surface area contributed by atoms with E-state index in [9.17, 15) is 9.18 Å². The molecular formula is C22H24FN3O2. The highest BCUT2D eigenvalue weighted by Gasteiger charge is 2.33. The van der Waals surface area contributed by atoms with Gasteiger partial charge in [0.25, 0.3) is 5.91 Å². The van der Waals surface area contributed by atoms with Crippen molar-refractivity contribution in [3.8, 4) is 0 Å². The van der Waals surface area contributed by atoms with Crippen molar-refractivity contribution in [3.05, 3.63) is 71.0 Å². The molecule has 28 heavy (non-hydrogen) atoms. The zero-order valence-corrected chi connectivity index (χ0v) is 16.0. The molecule has 6 heteroatoms. The molecule has 2 aromatic carbocycles. The lowest BCUT2D eigenvalue weighted by Crippen LogP contribution is -2.43. The number of hydrazone groups is 1. The van der Waals surface area contributed by atoms with E-state index in [1.54, 1.807) is 17.1 Å². The van der Waals surface area contributed by atoms with E-state index in [2.05, 4.69) is 11.0 Å². The maximum Gasteiger partial charge on any atom is 0.257 e. The van der Waals surface area contributed by atoms with Crippen LogP contribution in [0.3, 0.4) is 0 Å². The zero-order valence-electron chi connectivity index (χ0n) is 16.0. The van der Waals surface area contributed by atoms with E-state index in [-0.39, 0.29) is 17.8 Å². The second-order valence-corrected chi connectivity index (χ2v) is 7.31. The van der Waals surface area contributed by atoms with Gasteiger partial charge in [-0.1, -0.05) is 42.0 Å². The van der Waals surface area contributed by atoms with Crippen LogP contribution in [0, 0.1) is 12.7 Å². The molecule has 2 aliphatic heterocycles. The Hall–Kier alpha value is -2.57. The molecule has 0 bridgehead atoms. The summed E-state index contributed by atoms with van der Waals surface area (Å²) in [6, 6.07) is 14.3. The Morgan fingerprint density at radius 2 is 1.93 bits per heavy atom. The third-order valence-corrected chi connectivity index (χ3v) is 5.23. The molecule has 4 rings (SSSR count). The molecule has 0 spiro atoms. The van der Waals surface area contributed by atoms with E-state index in [1.165, 1.54) is 12.1 Å². The van der Waals surface area contributed by atoms with Gasteiger partial charge in [-0.25, -0.2) is 9.40 Å². The summed E-state index contributed by atoms with van der Waals surface area (Å²) in [5.41, 5.74) is 3.95. The maximum atomic E-state index is 13.4. The van der Waals surface area contributed by atoms with Crippen LogP contribution in [0.1, 0.15) is 29.2 Å². The van der Waals surface area contributed by atoms with Crippen molar-refractivity contribution in [2.75, 3.05) is 32.8 Å². The first-order chi connectivity index (χ1) is 13.6. The Bertz CT molecular complexity index is 876. The summed E-state index contributed by atoms with van der Waals surface area (Å²) in [6.07, 6.45) is 0.615. The fourth-order valence-corrected chi connectivity index (χ4v) is 3.71. The summed E-state index contributed by atoms with van der Waals surface area (Å²) < 4.78 is 18.8. The number of ether oxygens (including phenoxy) is 1. The monoisotopic (exact) mass is 381 g/mol. The molecule has 2 aliphatic rings. The predicted octanol–water partition coefficient (Wildman–Crippen LogP) is 3.14. The van der Waals surface area contributed by atoms with Crippen LogP contribution in [0.25, 0.3) is 0 Å². The maximum absolute atomic E-state index is 13.4. The largest absolute Gasteiger partial charge is 0.379 e. The summed E-state index contributed by atoms with van der Waals surface area (Å²) >= 11 is 0. The summed E-state index contributed by atoms with van der Waals surface area (Å²) in [5, 5.41) is 6.28. The number of carbonyl (C=O) groups excluding carboxylic acids is 1. The minimum Gasteiger partial charge on any atom is -0.379 e. The first-order valence-electron chi connectivity index (χ1n) is 9.62. The van der Waals surface area contributed by atoms with Gasteiger partial charge in [0.15, 0.2) is 0 Å². The van der Waals surface area contributed by atoms with Crippen LogP contribution in [0.15, 0.2) is 53.6 Å². The van der Waals surface area contributed by atoms with Crippen molar-refractivity contribution in [3.63, 3.8) is 0 Å². The van der Waals surface area contributed by atoms with Crippen LogP contribution in [0.2, 0.25) is 0 Å². The molecule has 0 aromatic heterocycles. The number of hydrogen-bond acceptors (Lipinski definition) is 4. The fourth-order valence-electron chi connectivity index (χ4n) is 3.71. The number of hydrogen-bond donors (Lipinski definition) is 0. The van der Waals surface area contributed by atoms with E-state index >= 15 is 0 Å². The van der Waals surface area contributed by atoms with Gasteiger partial charge in [-0.3, -0.25) is 9.69 Å². The van der Waals surface area contributed by atoms with E-state index in [0.717, 1.165) is 35.5 Å². The topological polar surface area (TPSA) is 45.1 Å². The van der Waals surface area contributed by atoms with Crippen molar-refractivity contribution >= 4 is 11.6 Å². The number of rotatable bonds is 4. The van der Waals surface area contributed by atoms with Crippen LogP contribution in [0.4, 0.5) is 4.39 Å². The van der Waals surface area contributed by atoms with Crippen molar-refractivity contribution < 1.29 is 13.9 Å². The third-order valence-electron chi connectivity index (χ3n) is 5.23. The number of nitrogens with zero attached hydrogens (tertiary/aromatic N) is 3. The highest BCUT2D eigenvalue weighted by atomic mass is 19.1. The first kappa shape index (κ1) is 18.8. The first-order valence-corrected chi connectivity index (χ1v) is 9.62. The summed E-state index contributed by atoms with van der Waals surface area (Å²) in [4.78, 5) is 15.2. The Labute approximate surface area is 164 Å². The number of benzene rings is 2. The lowest BCUT2D eigenvalue weighted by atomic mass is 9.97. The van der Waals surface area contributed by atoms with Crippen LogP contribution in [-0.2, 0) is 9.53 Å². The van der Waals surface area contributed by atoms with Crippen LogP contribution < -0.4 is 0 Å². The zero-order chi connectivity index (χ0) is 19.5. The highest BCUT2D eigenvalue weighted by Crippen LogP contribution is 2.33. The summed E-state index contributed by atoms with van der Waals surface area (Å²) in [6.45, 7) is 5.13. The van der Waals surface area contributed by atoms with E-state index in [4.69, 9.17) is 9.84 Å². The predicted molar refractivity (Wildman–Crippen MR) is 106 cm³/mol. The van der Waals surface area contributed by atoms with Gasteiger partial charge in [0.2, 0.25) is 0 Å². The molecule has 1 atom stereocenters. The van der Waals surface area contributed by atoms with Crippen LogP contribution in [0.5, 0.6) is 0 Å². The van der Waals surface area contributed by atoms with Crippen LogP contribution in [-0.4, -0.2) is 54.4 Å². The van der Waals surface area contributed by atoms with Gasteiger partial charge in [-0.15, -0.1) is 0 Å². The van der Waals surface area contributed by atoms with Crippen molar-refractivity contribution in [1.29, 1.82) is 0 Å². The third kappa shape index (κ3) is 4.13. The Balaban J connectivity index is 1.60. The average Bonchev–Trinajstić information content (AvgIpc) is 3.15. The molecule has 5 nitrogen and oxygen atoms in total. The number of halogens is 1. The number of amides is 1. The highest BCUT2D eigenvalue weighted by molar-refractivity contribution is 6.03. The van der Waals surface area contributed by atoms with Crippen molar-refractivity contribution in [2.24, 2.45) is 5.10 Å². The molecule has 0 N–H and O–H groups in total. The number of aryl methyl sites for hydroxylation is 1. The lowest BCUT2D eigenvalue weighted by molar-refractivity contribution is -0.135. The van der Waals surface area contributed by atoms with Gasteiger partial charge in [0.05, 0.1) is 31.5 Å². The average molecular weight is 381 g/mol. The molecule has 1 saturated heterocycles. The summed E-state index contributed by atoms with van der Waals surface area (Å²) in [5.74, 6) is -0.327. The van der Waals surface area contributed by atoms with Crippen LogP contribution >= 0.6 is 0 Å². The molecule has 2 aromatic rings. The van der Waals surface area contributed by atoms with Crippen molar-refractivity contribution in [2.45, 2.75) is 19.4 Å². The SMILES string of the molecule is Cc1cccc(C2=NN(C(=O)CN3CCOCC3)C(c3ccc(F)cc3)C2)c1. The molecular weight excluding hydrogens is 357 g/mol. The normalized spacial score (nSPS) is 20.3. The van der Waals surface area contributed by atoms with Crippen molar-refractivity contribution in [1.82, 2.24) is 9.91 Å². The molecule has 1 unspecified atom stereocenters. The van der Waals surface area contributed by atoms with Gasteiger partial charge in [-0.05, 0) is 30.2 Å². The minimum absolute atomic E-state index is 0.0427. The van der Waals surface area contributed by atoms with Gasteiger partial charge in [0, 0.05) is 19.5 Å². The molecule has 1 fully saturated rings. The minimum atomic E-state index is -0.284. The Kier molecular flexibility index (Phi) is 5.50. The number of carbonyl (C=O) groups is 1. The quantitative estimate of drug-likeness (QED) is 0.817. The van der Waals surface area contributed by atoms with Gasteiger partial charge in [0.1, 0.15) is 5.82 Å². The second kappa shape index (κ2) is 8.20. The molecule has 1 amide bonds. The van der Waals surface area contributed by atoms with Gasteiger partial charge in [-0.2, -0.15) is 5.10 Å². The van der Waals surface area contributed by atoms with Gasteiger partial charge >= 0.3 is 0 Å². The molecule has 0 radical (unpaired) electrons. The summed E-state index contributed by atoms with van der Waals surface area (Å²) in [7, 11) is 0. The fraction of sp³-hybridized carbons (Fsp3) is 0.364. The van der Waals surface area contributed by atoms with E-state index < -0.39 is 0 Å². The van der Waals surface area contributed by atoms with Gasteiger partial charge < -0.3 is 4.74 Å². The molecule has 0 saturated carbocycles. The van der Waals surface area contributed by atoms with E-state index in [0.29, 0.717) is 26.2 Å². The molecule has 2 heterocycles. The van der Waals surface area contributed by atoms with E-state index in [1.807, 2.05) is 25.1 Å². The molecule has 146 valence electrons. The standard InChI is InChI=1S/C22H24FN3O2/c1-16-3-2-4-18(13-16)20-14-21(17-5-7-19(23)8-6-17)26(24-20)22(27)15-25-9-11-28-12-10-25/h2-8,13,21H,9-12,14-15H2,1H3. The second-order valence-electron chi connectivity index (χ2n) is 7.31. The Morgan fingerprint density at radius 1 is 1.18 bits per heavy atom. The number of morpholine rings is 1.